The number of hydrogen-bond acceptors (Lipinski definition) is 2. The number of aryl methyl sites for hydroxylation is 1. The molecule has 1 N–H and O–H groups in total. The SMILES string of the molecule is Cc1cccc2cc(CC(=O)O)c(Cl)nc12. The Kier molecular flexibility index (Phi) is 2.79. The summed E-state index contributed by atoms with van der Waals surface area (Å²) in [6.45, 7) is 1.95. The third kappa shape index (κ3) is 1.99. The van der Waals surface area contributed by atoms with Crippen LogP contribution in [0.2, 0.25) is 5.15 Å². The maximum absolute atomic E-state index is 10.6. The number of carbonyl (C=O) groups is 1. The molecule has 2 rings (SSSR count). The molecule has 0 radical (unpaired) electrons. The number of hydrogen-bond donors (Lipinski definition) is 1. The number of aliphatic carboxylic acids is 1. The smallest absolute Gasteiger partial charge is 0.307 e. The van der Waals surface area contributed by atoms with Crippen molar-refractivity contribution in [1.82, 2.24) is 4.98 Å². The lowest BCUT2D eigenvalue weighted by molar-refractivity contribution is -0.136. The highest BCUT2D eigenvalue weighted by atomic mass is 35.5. The lowest BCUT2D eigenvalue weighted by Crippen LogP contribution is -2.02. The fourth-order valence-corrected chi connectivity index (χ4v) is 1.86. The molecule has 0 spiro atoms. The van der Waals surface area contributed by atoms with Crippen LogP contribution >= 0.6 is 11.6 Å². The van der Waals surface area contributed by atoms with Crippen molar-refractivity contribution in [3.63, 3.8) is 0 Å². The number of fused-ring (bicyclic) bond motifs is 1. The Morgan fingerprint density at radius 2 is 2.25 bits per heavy atom. The van der Waals surface area contributed by atoms with Gasteiger partial charge < -0.3 is 5.11 Å². The molecular weight excluding hydrogens is 226 g/mol. The zero-order chi connectivity index (χ0) is 11.7. The average molecular weight is 236 g/mol. The number of carboxylic acid groups (broad SMARTS) is 1. The van der Waals surface area contributed by atoms with Gasteiger partial charge in [0.1, 0.15) is 5.15 Å². The Balaban J connectivity index is 2.63. The first-order valence-corrected chi connectivity index (χ1v) is 5.22. The highest BCUT2D eigenvalue weighted by molar-refractivity contribution is 6.30. The molecule has 2 aromatic rings. The van der Waals surface area contributed by atoms with Gasteiger partial charge in [0.25, 0.3) is 0 Å². The van der Waals surface area contributed by atoms with E-state index in [1.807, 2.05) is 25.1 Å². The van der Waals surface area contributed by atoms with Gasteiger partial charge >= 0.3 is 5.97 Å². The van der Waals surface area contributed by atoms with Crippen molar-refractivity contribution in [2.75, 3.05) is 0 Å². The number of pyridine rings is 1. The first-order valence-electron chi connectivity index (χ1n) is 4.84. The highest BCUT2D eigenvalue weighted by Crippen LogP contribution is 2.23. The lowest BCUT2D eigenvalue weighted by atomic mass is 10.1. The van der Waals surface area contributed by atoms with Gasteiger partial charge in [-0.1, -0.05) is 29.8 Å². The Labute approximate surface area is 97.7 Å². The summed E-state index contributed by atoms with van der Waals surface area (Å²) in [5.41, 5.74) is 2.40. The van der Waals surface area contributed by atoms with E-state index in [2.05, 4.69) is 4.98 Å². The van der Waals surface area contributed by atoms with E-state index in [4.69, 9.17) is 16.7 Å². The van der Waals surface area contributed by atoms with E-state index in [0.717, 1.165) is 16.5 Å². The molecule has 0 aliphatic heterocycles. The molecule has 0 amide bonds. The fourth-order valence-electron chi connectivity index (χ4n) is 1.65. The molecule has 1 aromatic heterocycles. The van der Waals surface area contributed by atoms with Crippen LogP contribution in [-0.4, -0.2) is 16.1 Å². The Morgan fingerprint density at radius 3 is 2.94 bits per heavy atom. The van der Waals surface area contributed by atoms with Crippen LogP contribution in [0.3, 0.4) is 0 Å². The summed E-state index contributed by atoms with van der Waals surface area (Å²) in [7, 11) is 0. The number of para-hydroxylation sites is 1. The van der Waals surface area contributed by atoms with Crippen LogP contribution in [0.15, 0.2) is 24.3 Å². The monoisotopic (exact) mass is 235 g/mol. The molecule has 0 unspecified atom stereocenters. The second-order valence-corrected chi connectivity index (χ2v) is 4.01. The van der Waals surface area contributed by atoms with Gasteiger partial charge in [-0.3, -0.25) is 4.79 Å². The predicted octanol–water partition coefficient (Wildman–Crippen LogP) is 2.82. The van der Waals surface area contributed by atoms with Gasteiger partial charge in [0.15, 0.2) is 0 Å². The molecule has 0 aliphatic carbocycles. The van der Waals surface area contributed by atoms with Crippen molar-refractivity contribution in [3.8, 4) is 0 Å². The Morgan fingerprint density at radius 1 is 1.50 bits per heavy atom. The number of benzene rings is 1. The summed E-state index contributed by atoms with van der Waals surface area (Å²) in [4.78, 5) is 14.9. The quantitative estimate of drug-likeness (QED) is 0.815. The molecule has 0 fully saturated rings. The second kappa shape index (κ2) is 4.10. The van der Waals surface area contributed by atoms with E-state index < -0.39 is 5.97 Å². The van der Waals surface area contributed by atoms with Gasteiger partial charge in [-0.05, 0) is 18.6 Å². The molecule has 0 aliphatic rings. The van der Waals surface area contributed by atoms with Crippen molar-refractivity contribution in [2.45, 2.75) is 13.3 Å². The van der Waals surface area contributed by atoms with E-state index in [1.165, 1.54) is 0 Å². The van der Waals surface area contributed by atoms with E-state index in [9.17, 15) is 4.79 Å². The van der Waals surface area contributed by atoms with Crippen LogP contribution < -0.4 is 0 Å². The summed E-state index contributed by atoms with van der Waals surface area (Å²) < 4.78 is 0. The molecule has 1 aromatic carbocycles. The number of halogens is 1. The van der Waals surface area contributed by atoms with Crippen LogP contribution in [0, 0.1) is 6.92 Å². The summed E-state index contributed by atoms with van der Waals surface area (Å²) in [6.07, 6.45) is -0.101. The van der Waals surface area contributed by atoms with Crippen LogP contribution in [0.4, 0.5) is 0 Å². The zero-order valence-corrected chi connectivity index (χ0v) is 9.45. The van der Waals surface area contributed by atoms with Crippen LogP contribution in [0.5, 0.6) is 0 Å². The van der Waals surface area contributed by atoms with Crippen molar-refractivity contribution < 1.29 is 9.90 Å². The third-order valence-electron chi connectivity index (χ3n) is 2.42. The molecule has 1 heterocycles. The van der Waals surface area contributed by atoms with E-state index in [1.54, 1.807) is 6.07 Å². The molecule has 3 nitrogen and oxygen atoms in total. The molecule has 0 saturated carbocycles. The maximum Gasteiger partial charge on any atom is 0.307 e. The summed E-state index contributed by atoms with van der Waals surface area (Å²) in [5, 5.41) is 9.92. The summed E-state index contributed by atoms with van der Waals surface area (Å²) >= 11 is 5.94. The van der Waals surface area contributed by atoms with Crippen LogP contribution in [0.1, 0.15) is 11.1 Å². The predicted molar refractivity (Wildman–Crippen MR) is 62.8 cm³/mol. The van der Waals surface area contributed by atoms with E-state index in [-0.39, 0.29) is 11.6 Å². The highest BCUT2D eigenvalue weighted by Gasteiger charge is 2.09. The molecule has 4 heteroatoms. The fraction of sp³-hybridized carbons (Fsp3) is 0.167. The summed E-state index contributed by atoms with van der Waals surface area (Å²) in [5.74, 6) is -0.907. The molecular formula is C12H10ClNO2. The molecule has 82 valence electrons. The van der Waals surface area contributed by atoms with Crippen LogP contribution in [-0.2, 0) is 11.2 Å². The normalized spacial score (nSPS) is 10.6. The van der Waals surface area contributed by atoms with E-state index in [0.29, 0.717) is 5.56 Å². The van der Waals surface area contributed by atoms with Gasteiger partial charge in [-0.2, -0.15) is 0 Å². The number of rotatable bonds is 2. The van der Waals surface area contributed by atoms with E-state index >= 15 is 0 Å². The van der Waals surface area contributed by atoms with Crippen molar-refractivity contribution >= 4 is 28.5 Å². The summed E-state index contributed by atoms with van der Waals surface area (Å²) in [6, 6.07) is 7.54. The average Bonchev–Trinajstić information content (AvgIpc) is 2.20. The molecule has 0 saturated heterocycles. The van der Waals surface area contributed by atoms with Gasteiger partial charge in [0, 0.05) is 10.9 Å². The van der Waals surface area contributed by atoms with Gasteiger partial charge in [0.05, 0.1) is 11.9 Å². The number of aromatic nitrogens is 1. The van der Waals surface area contributed by atoms with Gasteiger partial charge in [-0.15, -0.1) is 0 Å². The van der Waals surface area contributed by atoms with Crippen molar-refractivity contribution in [1.29, 1.82) is 0 Å². The minimum absolute atomic E-state index is 0.101. The lowest BCUT2D eigenvalue weighted by Gasteiger charge is -2.05. The maximum atomic E-state index is 10.6. The Bertz CT molecular complexity index is 566. The first-order chi connectivity index (χ1) is 7.58. The second-order valence-electron chi connectivity index (χ2n) is 3.66. The molecule has 16 heavy (non-hydrogen) atoms. The van der Waals surface area contributed by atoms with Crippen molar-refractivity contribution in [2.24, 2.45) is 0 Å². The minimum Gasteiger partial charge on any atom is -0.481 e. The topological polar surface area (TPSA) is 50.2 Å². The largest absolute Gasteiger partial charge is 0.481 e. The number of carboxylic acids is 1. The molecule has 0 bridgehead atoms. The Hall–Kier alpha value is -1.61. The molecule has 0 atom stereocenters. The van der Waals surface area contributed by atoms with Gasteiger partial charge in [-0.25, -0.2) is 4.98 Å². The van der Waals surface area contributed by atoms with Gasteiger partial charge in [0.2, 0.25) is 0 Å². The third-order valence-corrected chi connectivity index (χ3v) is 2.74. The minimum atomic E-state index is -0.907. The zero-order valence-electron chi connectivity index (χ0n) is 8.70. The standard InChI is InChI=1S/C12H10ClNO2/c1-7-3-2-4-8-5-9(6-10(15)16)12(13)14-11(7)8/h2-5H,6H2,1H3,(H,15,16). The first kappa shape index (κ1) is 10.9. The van der Waals surface area contributed by atoms with Crippen molar-refractivity contribution in [3.05, 3.63) is 40.5 Å². The number of nitrogens with zero attached hydrogens (tertiary/aromatic N) is 1. The van der Waals surface area contributed by atoms with Crippen LogP contribution in [0.25, 0.3) is 10.9 Å².